The van der Waals surface area contributed by atoms with Gasteiger partial charge in [-0.25, -0.2) is 4.79 Å². The second-order valence-electron chi connectivity index (χ2n) is 5.25. The molecule has 0 spiro atoms. The van der Waals surface area contributed by atoms with Crippen LogP contribution in [0.25, 0.3) is 22.6 Å². The van der Waals surface area contributed by atoms with E-state index in [1.165, 1.54) is 6.26 Å². The molecule has 0 atom stereocenters. The Labute approximate surface area is 146 Å². The molecule has 0 fully saturated rings. The van der Waals surface area contributed by atoms with Crippen LogP contribution < -0.4 is 0 Å². The van der Waals surface area contributed by atoms with Crippen molar-refractivity contribution in [1.29, 1.82) is 0 Å². The first kappa shape index (κ1) is 15.5. The van der Waals surface area contributed by atoms with E-state index in [1.54, 1.807) is 37.3 Å². The van der Waals surface area contributed by atoms with Crippen molar-refractivity contribution in [3.8, 4) is 11.7 Å². The molecule has 0 saturated heterocycles. The van der Waals surface area contributed by atoms with Gasteiger partial charge in [-0.3, -0.25) is 0 Å². The summed E-state index contributed by atoms with van der Waals surface area (Å²) in [6, 6.07) is 8.52. The van der Waals surface area contributed by atoms with E-state index in [4.69, 9.17) is 29.6 Å². The Kier molecular flexibility index (Phi) is 3.77. The highest BCUT2D eigenvalue weighted by Crippen LogP contribution is 2.28. The summed E-state index contributed by atoms with van der Waals surface area (Å²) in [6.07, 6.45) is 1.50. The number of hydrogen-bond acceptors (Lipinski definition) is 7. The smallest absolute Gasteiger partial charge is 0.375 e. The molecule has 0 bridgehead atoms. The monoisotopic (exact) mass is 358 g/mol. The third kappa shape index (κ3) is 2.89. The quantitative estimate of drug-likeness (QED) is 0.499. The highest BCUT2D eigenvalue weighted by Gasteiger charge is 2.20. The van der Waals surface area contributed by atoms with Gasteiger partial charge in [-0.2, -0.15) is 0 Å². The molecular weight excluding hydrogens is 348 g/mol. The number of rotatable bonds is 4. The Morgan fingerprint density at radius 3 is 2.92 bits per heavy atom. The molecule has 4 rings (SSSR count). The van der Waals surface area contributed by atoms with Crippen LogP contribution in [0.2, 0.25) is 5.02 Å². The average molecular weight is 359 g/mol. The van der Waals surface area contributed by atoms with E-state index in [-0.39, 0.29) is 24.1 Å². The second-order valence-corrected chi connectivity index (χ2v) is 5.69. The fourth-order valence-electron chi connectivity index (χ4n) is 2.39. The zero-order valence-electron chi connectivity index (χ0n) is 13.0. The zero-order valence-corrected chi connectivity index (χ0v) is 13.7. The Morgan fingerprint density at radius 1 is 1.24 bits per heavy atom. The summed E-state index contributed by atoms with van der Waals surface area (Å²) in [5.74, 6) is 0.294. The van der Waals surface area contributed by atoms with Crippen LogP contribution in [-0.4, -0.2) is 16.2 Å². The van der Waals surface area contributed by atoms with E-state index in [0.29, 0.717) is 21.9 Å². The van der Waals surface area contributed by atoms with Crippen LogP contribution in [0.4, 0.5) is 0 Å². The van der Waals surface area contributed by atoms with Gasteiger partial charge in [0.05, 0.1) is 6.26 Å². The van der Waals surface area contributed by atoms with Crippen LogP contribution >= 0.6 is 11.6 Å². The van der Waals surface area contributed by atoms with E-state index in [9.17, 15) is 4.79 Å². The highest BCUT2D eigenvalue weighted by molar-refractivity contribution is 6.31. The van der Waals surface area contributed by atoms with Gasteiger partial charge < -0.3 is 18.0 Å². The molecule has 126 valence electrons. The van der Waals surface area contributed by atoms with E-state index in [1.807, 2.05) is 0 Å². The second kappa shape index (κ2) is 6.10. The fourth-order valence-corrected chi connectivity index (χ4v) is 2.56. The summed E-state index contributed by atoms with van der Waals surface area (Å²) in [6.45, 7) is 1.59. The number of carbonyl (C=O) groups is 1. The van der Waals surface area contributed by atoms with Gasteiger partial charge in [0.2, 0.25) is 5.76 Å². The maximum atomic E-state index is 12.3. The molecule has 0 saturated carbocycles. The molecule has 0 amide bonds. The Bertz CT molecular complexity index is 1050. The lowest BCUT2D eigenvalue weighted by atomic mass is 10.1. The summed E-state index contributed by atoms with van der Waals surface area (Å²) in [5, 5.41) is 8.97. The maximum Gasteiger partial charge on any atom is 0.375 e. The molecule has 0 N–H and O–H groups in total. The van der Waals surface area contributed by atoms with Crippen LogP contribution in [0.15, 0.2) is 49.8 Å². The molecule has 8 heteroatoms. The topological polar surface area (TPSA) is 91.5 Å². The normalized spacial score (nSPS) is 11.1. The molecule has 25 heavy (non-hydrogen) atoms. The molecule has 7 nitrogen and oxygen atoms in total. The molecule has 0 aliphatic carbocycles. The number of ether oxygens (including phenoxy) is 1. The number of aromatic nitrogens is 2. The van der Waals surface area contributed by atoms with Crippen molar-refractivity contribution >= 4 is 28.5 Å². The molecule has 0 aliphatic heterocycles. The van der Waals surface area contributed by atoms with Gasteiger partial charge in [-0.05, 0) is 37.3 Å². The van der Waals surface area contributed by atoms with Gasteiger partial charge in [0, 0.05) is 16.0 Å². The van der Waals surface area contributed by atoms with Gasteiger partial charge in [0.1, 0.15) is 5.58 Å². The fraction of sp³-hybridized carbons (Fsp3) is 0.118. The molecule has 4 aromatic rings. The lowest BCUT2D eigenvalue weighted by Gasteiger charge is -1.99. The molecule has 0 aliphatic rings. The Hall–Kier alpha value is -3.06. The first-order valence-electron chi connectivity index (χ1n) is 7.34. The van der Waals surface area contributed by atoms with E-state index in [0.717, 1.165) is 5.39 Å². The number of furan rings is 2. The average Bonchev–Trinajstić information content (AvgIpc) is 3.33. The SMILES string of the molecule is Cc1c(C(=O)OCc2nnc(-c3ccco3)o2)oc2ccc(Cl)cc12. The number of hydrogen-bond donors (Lipinski definition) is 0. The van der Waals surface area contributed by atoms with Crippen molar-refractivity contribution in [2.24, 2.45) is 0 Å². The number of fused-ring (bicyclic) bond motifs is 1. The van der Waals surface area contributed by atoms with Crippen molar-refractivity contribution in [3.05, 3.63) is 58.8 Å². The number of aryl methyl sites for hydroxylation is 1. The minimum Gasteiger partial charge on any atom is -0.459 e. The zero-order chi connectivity index (χ0) is 17.4. The van der Waals surface area contributed by atoms with Gasteiger partial charge >= 0.3 is 5.97 Å². The van der Waals surface area contributed by atoms with Crippen molar-refractivity contribution in [1.82, 2.24) is 10.2 Å². The number of benzene rings is 1. The van der Waals surface area contributed by atoms with Gasteiger partial charge in [-0.1, -0.05) is 11.6 Å². The summed E-state index contributed by atoms with van der Waals surface area (Å²) in [5.41, 5.74) is 1.22. The van der Waals surface area contributed by atoms with Crippen molar-refractivity contribution in [2.45, 2.75) is 13.5 Å². The minimum atomic E-state index is -0.623. The largest absolute Gasteiger partial charge is 0.459 e. The van der Waals surface area contributed by atoms with Crippen molar-refractivity contribution < 1.29 is 22.8 Å². The third-order valence-electron chi connectivity index (χ3n) is 3.61. The summed E-state index contributed by atoms with van der Waals surface area (Å²) in [7, 11) is 0. The van der Waals surface area contributed by atoms with Crippen LogP contribution in [-0.2, 0) is 11.3 Å². The van der Waals surface area contributed by atoms with Crippen LogP contribution in [0.3, 0.4) is 0 Å². The van der Waals surface area contributed by atoms with Gasteiger partial charge in [0.15, 0.2) is 12.4 Å². The summed E-state index contributed by atoms with van der Waals surface area (Å²) in [4.78, 5) is 12.3. The Balaban J connectivity index is 1.50. The molecule has 0 unspecified atom stereocenters. The maximum absolute atomic E-state index is 12.3. The molecular formula is C17H11ClN2O5. The highest BCUT2D eigenvalue weighted by atomic mass is 35.5. The third-order valence-corrected chi connectivity index (χ3v) is 3.84. The first-order valence-corrected chi connectivity index (χ1v) is 7.71. The summed E-state index contributed by atoms with van der Waals surface area (Å²) >= 11 is 5.97. The van der Waals surface area contributed by atoms with Gasteiger partial charge in [-0.15, -0.1) is 10.2 Å². The van der Waals surface area contributed by atoms with Crippen LogP contribution in [0.5, 0.6) is 0 Å². The van der Waals surface area contributed by atoms with E-state index in [2.05, 4.69) is 10.2 Å². The number of nitrogens with zero attached hydrogens (tertiary/aromatic N) is 2. The lowest BCUT2D eigenvalue weighted by Crippen LogP contribution is -2.05. The Morgan fingerprint density at radius 2 is 2.12 bits per heavy atom. The predicted octanol–water partition coefficient (Wildman–Crippen LogP) is 4.39. The standard InChI is InChI=1S/C17H11ClN2O5/c1-9-11-7-10(18)4-5-12(11)24-15(9)17(21)23-8-14-19-20-16(25-14)13-3-2-6-22-13/h2-7H,8H2,1H3. The first-order chi connectivity index (χ1) is 12.1. The number of halogens is 1. The number of carbonyl (C=O) groups excluding carboxylic acids is 1. The van der Waals surface area contributed by atoms with Gasteiger partial charge in [0.25, 0.3) is 11.8 Å². The molecule has 0 radical (unpaired) electrons. The predicted molar refractivity (Wildman–Crippen MR) is 87.1 cm³/mol. The van der Waals surface area contributed by atoms with Crippen LogP contribution in [0.1, 0.15) is 22.0 Å². The van der Waals surface area contributed by atoms with E-state index >= 15 is 0 Å². The molecule has 1 aromatic carbocycles. The van der Waals surface area contributed by atoms with Crippen molar-refractivity contribution in [3.63, 3.8) is 0 Å². The molecule has 3 aromatic heterocycles. The number of esters is 1. The lowest BCUT2D eigenvalue weighted by molar-refractivity contribution is 0.0403. The van der Waals surface area contributed by atoms with E-state index < -0.39 is 5.97 Å². The van der Waals surface area contributed by atoms with Crippen LogP contribution in [0, 0.1) is 6.92 Å². The summed E-state index contributed by atoms with van der Waals surface area (Å²) < 4.78 is 21.3. The molecule has 3 heterocycles. The minimum absolute atomic E-state index is 0.114. The van der Waals surface area contributed by atoms with Crippen molar-refractivity contribution in [2.75, 3.05) is 0 Å².